The van der Waals surface area contributed by atoms with Gasteiger partial charge in [-0.15, -0.1) is 0 Å². The number of halogens is 1. The Labute approximate surface area is 117 Å². The summed E-state index contributed by atoms with van der Waals surface area (Å²) in [6.07, 6.45) is 4.12. The van der Waals surface area contributed by atoms with E-state index in [1.165, 1.54) is 18.9 Å². The third kappa shape index (κ3) is 2.74. The van der Waals surface area contributed by atoms with Gasteiger partial charge in [0.2, 0.25) is 0 Å². The molecule has 0 amide bonds. The smallest absolute Gasteiger partial charge is 0.196 e. The Bertz CT molecular complexity index is 627. The Morgan fingerprint density at radius 2 is 2.00 bits per heavy atom. The highest BCUT2D eigenvalue weighted by Crippen LogP contribution is 2.23. The zero-order chi connectivity index (χ0) is 13.9. The maximum Gasteiger partial charge on any atom is 0.196 e. The number of furan rings is 1. The topological polar surface area (TPSA) is 28.7 Å². The molecule has 0 spiro atoms. The van der Waals surface area contributed by atoms with Crippen LogP contribution in [0.2, 0.25) is 0 Å². The third-order valence-electron chi connectivity index (χ3n) is 3.51. The average molecular weight is 272 g/mol. The maximum absolute atomic E-state index is 13.2. The lowest BCUT2D eigenvalue weighted by atomic mass is 10.2. The normalized spacial score (nSPS) is 15.4. The summed E-state index contributed by atoms with van der Waals surface area (Å²) in [5.41, 5.74) is 1.32. The Kier molecular flexibility index (Phi) is 3.54. The maximum atomic E-state index is 13.2. The van der Waals surface area contributed by atoms with Crippen molar-refractivity contribution in [3.8, 4) is 0 Å². The molecule has 0 saturated carbocycles. The van der Waals surface area contributed by atoms with Crippen LogP contribution in [0.1, 0.15) is 24.2 Å². The lowest BCUT2D eigenvalue weighted by Gasteiger charge is -2.12. The van der Waals surface area contributed by atoms with Gasteiger partial charge >= 0.3 is 0 Å². The quantitative estimate of drug-likeness (QED) is 0.788. The van der Waals surface area contributed by atoms with Crippen molar-refractivity contribution in [1.29, 1.82) is 0 Å². The summed E-state index contributed by atoms with van der Waals surface area (Å²) in [7, 11) is 0. The lowest BCUT2D eigenvalue weighted by molar-refractivity contribution is 0.550. The van der Waals surface area contributed by atoms with Gasteiger partial charge in [0.25, 0.3) is 0 Å². The second-order valence-electron chi connectivity index (χ2n) is 5.06. The Morgan fingerprint density at radius 1 is 1.20 bits per heavy atom. The molecule has 0 unspecified atom stereocenters. The second-order valence-corrected chi connectivity index (χ2v) is 5.06. The first-order valence-corrected chi connectivity index (χ1v) is 6.87. The summed E-state index contributed by atoms with van der Waals surface area (Å²) in [5.74, 6) is 1.41. The molecule has 1 saturated heterocycles. The molecule has 0 N–H and O–H groups in total. The predicted octanol–water partition coefficient (Wildman–Crippen LogP) is 4.08. The van der Waals surface area contributed by atoms with Crippen LogP contribution in [0.15, 0.2) is 39.7 Å². The molecule has 3 rings (SSSR count). The molecule has 0 atom stereocenters. The molecule has 1 aliphatic rings. The summed E-state index contributed by atoms with van der Waals surface area (Å²) in [4.78, 5) is 6.55. The first-order chi connectivity index (χ1) is 9.72. The minimum atomic E-state index is -0.210. The number of aliphatic imine (C=N–C) groups is 1. The van der Waals surface area contributed by atoms with Gasteiger partial charge in [-0.05, 0) is 49.6 Å². The van der Waals surface area contributed by atoms with Crippen LogP contribution in [0, 0.1) is 12.7 Å². The van der Waals surface area contributed by atoms with Crippen molar-refractivity contribution in [2.45, 2.75) is 19.8 Å². The van der Waals surface area contributed by atoms with Crippen LogP contribution >= 0.6 is 0 Å². The van der Waals surface area contributed by atoms with Crippen LogP contribution in [0.3, 0.4) is 0 Å². The monoisotopic (exact) mass is 272 g/mol. The van der Waals surface area contributed by atoms with Gasteiger partial charge in [0.15, 0.2) is 5.88 Å². The van der Waals surface area contributed by atoms with E-state index in [1.54, 1.807) is 25.3 Å². The van der Waals surface area contributed by atoms with Crippen LogP contribution in [0.5, 0.6) is 0 Å². The molecule has 1 aromatic carbocycles. The van der Waals surface area contributed by atoms with Crippen LogP contribution in [-0.2, 0) is 0 Å². The molecule has 0 aliphatic carbocycles. The van der Waals surface area contributed by atoms with Crippen molar-refractivity contribution in [3.63, 3.8) is 0 Å². The third-order valence-corrected chi connectivity index (χ3v) is 3.51. The van der Waals surface area contributed by atoms with E-state index < -0.39 is 0 Å². The zero-order valence-electron chi connectivity index (χ0n) is 11.5. The van der Waals surface area contributed by atoms with Crippen molar-refractivity contribution in [1.82, 2.24) is 0 Å². The molecule has 0 bridgehead atoms. The predicted molar refractivity (Wildman–Crippen MR) is 78.5 cm³/mol. The molecule has 3 nitrogen and oxygen atoms in total. The molecule has 2 aromatic rings. The molecule has 104 valence electrons. The van der Waals surface area contributed by atoms with Gasteiger partial charge in [-0.3, -0.25) is 4.99 Å². The van der Waals surface area contributed by atoms with Gasteiger partial charge in [0.05, 0.1) is 11.9 Å². The number of anilines is 1. The Hall–Kier alpha value is -2.10. The van der Waals surface area contributed by atoms with Gasteiger partial charge in [-0.25, -0.2) is 4.39 Å². The Morgan fingerprint density at radius 3 is 2.75 bits per heavy atom. The minimum absolute atomic E-state index is 0.210. The lowest BCUT2D eigenvalue weighted by Crippen LogP contribution is -2.16. The van der Waals surface area contributed by atoms with E-state index in [9.17, 15) is 4.39 Å². The average Bonchev–Trinajstić information content (AvgIpc) is 3.09. The fourth-order valence-corrected chi connectivity index (χ4v) is 2.37. The highest BCUT2D eigenvalue weighted by atomic mass is 19.1. The van der Waals surface area contributed by atoms with Gasteiger partial charge in [-0.1, -0.05) is 0 Å². The van der Waals surface area contributed by atoms with Gasteiger partial charge in [-0.2, -0.15) is 0 Å². The number of aryl methyl sites for hydroxylation is 1. The van der Waals surface area contributed by atoms with Crippen molar-refractivity contribution >= 4 is 17.8 Å². The minimum Gasteiger partial charge on any atom is -0.440 e. The van der Waals surface area contributed by atoms with Crippen LogP contribution < -0.4 is 4.90 Å². The molecule has 1 aliphatic heterocycles. The van der Waals surface area contributed by atoms with Crippen LogP contribution in [0.25, 0.3) is 0 Å². The van der Waals surface area contributed by atoms with Crippen LogP contribution in [-0.4, -0.2) is 19.3 Å². The summed E-state index contributed by atoms with van der Waals surface area (Å²) in [5, 5.41) is 0. The number of benzene rings is 1. The van der Waals surface area contributed by atoms with Crippen molar-refractivity contribution in [2.24, 2.45) is 4.99 Å². The zero-order valence-corrected chi connectivity index (χ0v) is 11.5. The Balaban J connectivity index is 1.73. The highest BCUT2D eigenvalue weighted by Gasteiger charge is 2.14. The summed E-state index contributed by atoms with van der Waals surface area (Å²) in [6.45, 7) is 3.84. The molecule has 2 heterocycles. The first kappa shape index (κ1) is 12.9. The van der Waals surface area contributed by atoms with E-state index in [4.69, 9.17) is 4.42 Å². The molecular weight excluding hydrogens is 255 g/mol. The SMILES string of the molecule is Cc1cc(N=Cc2ccc(N3CCCC3)o2)ccc1F. The van der Waals surface area contributed by atoms with E-state index in [0.29, 0.717) is 11.3 Å². The molecular formula is C16H17FN2O. The molecule has 20 heavy (non-hydrogen) atoms. The van der Waals surface area contributed by atoms with E-state index in [-0.39, 0.29) is 5.82 Å². The van der Waals surface area contributed by atoms with Gasteiger partial charge in [0, 0.05) is 19.2 Å². The molecule has 0 radical (unpaired) electrons. The van der Waals surface area contributed by atoms with E-state index in [0.717, 1.165) is 24.7 Å². The van der Waals surface area contributed by atoms with Crippen molar-refractivity contribution in [3.05, 3.63) is 47.5 Å². The second kappa shape index (κ2) is 5.49. The fraction of sp³-hybridized carbons (Fsp3) is 0.312. The highest BCUT2D eigenvalue weighted by molar-refractivity contribution is 5.79. The van der Waals surface area contributed by atoms with E-state index in [2.05, 4.69) is 9.89 Å². The number of rotatable bonds is 3. The standard InChI is InChI=1S/C16H17FN2O/c1-12-10-13(4-6-15(12)17)18-11-14-5-7-16(20-14)19-8-2-3-9-19/h4-7,10-11H,2-3,8-9H2,1H3. The molecule has 1 aromatic heterocycles. The molecule has 1 fully saturated rings. The van der Waals surface area contributed by atoms with Crippen molar-refractivity contribution < 1.29 is 8.81 Å². The summed E-state index contributed by atoms with van der Waals surface area (Å²) < 4.78 is 18.9. The van der Waals surface area contributed by atoms with E-state index in [1.807, 2.05) is 12.1 Å². The molecule has 4 heteroatoms. The number of hydrogen-bond donors (Lipinski definition) is 0. The van der Waals surface area contributed by atoms with Crippen LogP contribution in [0.4, 0.5) is 16.0 Å². The summed E-state index contributed by atoms with van der Waals surface area (Å²) >= 11 is 0. The summed E-state index contributed by atoms with van der Waals surface area (Å²) in [6, 6.07) is 8.69. The van der Waals surface area contributed by atoms with Gasteiger partial charge < -0.3 is 9.32 Å². The van der Waals surface area contributed by atoms with Gasteiger partial charge in [0.1, 0.15) is 11.6 Å². The first-order valence-electron chi connectivity index (χ1n) is 6.87. The fourth-order valence-electron chi connectivity index (χ4n) is 2.37. The largest absolute Gasteiger partial charge is 0.440 e. The van der Waals surface area contributed by atoms with Crippen molar-refractivity contribution in [2.75, 3.05) is 18.0 Å². The van der Waals surface area contributed by atoms with E-state index >= 15 is 0 Å². The number of hydrogen-bond acceptors (Lipinski definition) is 3. The number of nitrogens with zero attached hydrogens (tertiary/aromatic N) is 2.